The Hall–Kier alpha value is -4.38. The number of piperazine rings is 1. The molecule has 64 heavy (non-hydrogen) atoms. The number of ether oxygens (including phenoxy) is 1. The first-order valence-electron chi connectivity index (χ1n) is 24.8. The van der Waals surface area contributed by atoms with Gasteiger partial charge in [-0.25, -0.2) is 0 Å². The Labute approximate surface area is 393 Å². The molecule has 1 saturated heterocycles. The number of esters is 1. The first-order valence-corrected chi connectivity index (χ1v) is 24.8. The summed E-state index contributed by atoms with van der Waals surface area (Å²) in [7, 11) is 0. The zero-order valence-electron chi connectivity index (χ0n) is 42.5. The number of benzene rings is 1. The van der Waals surface area contributed by atoms with E-state index >= 15 is 0 Å². The van der Waals surface area contributed by atoms with Crippen LogP contribution in [0.4, 0.5) is 5.69 Å². The maximum atomic E-state index is 12.7. The van der Waals surface area contributed by atoms with Crippen molar-refractivity contribution in [1.82, 2.24) is 4.90 Å². The first kappa shape index (κ1) is 55.8. The summed E-state index contributed by atoms with van der Waals surface area (Å²) in [6, 6.07) is 10.3. The molecule has 1 fully saturated rings. The Morgan fingerprint density at radius 1 is 0.422 bits per heavy atom. The third-order valence-electron chi connectivity index (χ3n) is 12.3. The number of carbonyl (C=O) groups is 2. The molecule has 0 N–H and O–H groups in total. The van der Waals surface area contributed by atoms with Gasteiger partial charge in [-0.05, 0) is 190 Å². The van der Waals surface area contributed by atoms with Gasteiger partial charge in [-0.15, -0.1) is 0 Å². The molecule has 5 heteroatoms. The number of anilines is 1. The smallest absolute Gasteiger partial charge is 0.306 e. The van der Waals surface area contributed by atoms with Crippen molar-refractivity contribution in [3.63, 3.8) is 0 Å². The Morgan fingerprint density at radius 3 is 1.09 bits per heavy atom. The van der Waals surface area contributed by atoms with Crippen molar-refractivity contribution in [3.8, 4) is 0 Å². The predicted molar refractivity (Wildman–Crippen MR) is 279 cm³/mol. The van der Waals surface area contributed by atoms with Crippen molar-refractivity contribution >= 4 is 17.6 Å². The van der Waals surface area contributed by atoms with Crippen LogP contribution >= 0.6 is 0 Å². The number of amides is 1. The lowest BCUT2D eigenvalue weighted by Gasteiger charge is -2.36. The van der Waals surface area contributed by atoms with E-state index in [9.17, 15) is 9.59 Å². The summed E-state index contributed by atoms with van der Waals surface area (Å²) < 4.78 is 5.42. The normalized spacial score (nSPS) is 15.2. The average molecular weight is 875 g/mol. The highest BCUT2D eigenvalue weighted by Gasteiger charge is 2.21. The molecule has 5 nitrogen and oxygen atoms in total. The molecule has 0 bridgehead atoms. The standard InChI is InChI=1S/C59H90N2O3/c1-48(2)22-14-23-49(3)24-15-25-50(4)26-16-27-51(5)28-17-29-52(6)30-18-31-53(7)32-19-33-54(8)34-20-35-55(9)36-21-37-56(10)42-47-64-59(63)41-40-58(62)61-45-43-60(44-46-61)57-38-12-11-13-39-57/h11-13,22,24,26,28,30,32,34,36,38-39,42H,14-21,23,25,27,29,31,33,35,37,40-41,43-47H2,1-10H3/b49-24+,50-26+,51-28+,52-30+,53-32+,54-34+,55-36+,56-42+. The predicted octanol–water partition coefficient (Wildman–Crippen LogP) is 16.4. The lowest BCUT2D eigenvalue weighted by atomic mass is 10.0. The molecule has 0 spiro atoms. The number of para-hydroxylation sites is 1. The Kier molecular flexibility index (Phi) is 29.6. The van der Waals surface area contributed by atoms with Crippen LogP contribution in [0.2, 0.25) is 0 Å². The van der Waals surface area contributed by atoms with Crippen LogP contribution in [0.1, 0.15) is 185 Å². The van der Waals surface area contributed by atoms with Gasteiger partial charge in [-0.2, -0.15) is 0 Å². The highest BCUT2D eigenvalue weighted by atomic mass is 16.5. The number of allylic oxidation sites excluding steroid dienone is 17. The molecule has 2 rings (SSSR count). The van der Waals surface area contributed by atoms with Gasteiger partial charge in [-0.3, -0.25) is 9.59 Å². The number of hydrogen-bond donors (Lipinski definition) is 0. The van der Waals surface area contributed by atoms with Gasteiger partial charge in [0.15, 0.2) is 0 Å². The molecular weight excluding hydrogens is 785 g/mol. The molecule has 1 aliphatic rings. The molecule has 1 amide bonds. The molecule has 0 atom stereocenters. The molecule has 0 unspecified atom stereocenters. The third kappa shape index (κ3) is 28.4. The van der Waals surface area contributed by atoms with Crippen LogP contribution in [0.15, 0.2) is 135 Å². The van der Waals surface area contributed by atoms with Gasteiger partial charge in [0, 0.05) is 38.3 Å². The van der Waals surface area contributed by atoms with Crippen molar-refractivity contribution in [1.29, 1.82) is 0 Å². The second kappa shape index (κ2) is 34.0. The molecule has 1 aliphatic heterocycles. The number of hydrogen-bond acceptors (Lipinski definition) is 4. The number of nitrogens with zero attached hydrogens (tertiary/aromatic N) is 2. The lowest BCUT2D eigenvalue weighted by Crippen LogP contribution is -2.48. The molecule has 1 aromatic carbocycles. The molecule has 0 aromatic heterocycles. The minimum absolute atomic E-state index is 0.0296. The van der Waals surface area contributed by atoms with E-state index in [1.165, 1.54) is 68.7 Å². The van der Waals surface area contributed by atoms with Crippen LogP contribution < -0.4 is 4.90 Å². The molecular formula is C59H90N2O3. The summed E-state index contributed by atoms with van der Waals surface area (Å²) in [5, 5.41) is 0. The third-order valence-corrected chi connectivity index (χ3v) is 12.3. The second-order valence-electron chi connectivity index (χ2n) is 18.9. The van der Waals surface area contributed by atoms with Gasteiger partial charge in [0.2, 0.25) is 5.91 Å². The van der Waals surface area contributed by atoms with Crippen molar-refractivity contribution in [2.75, 3.05) is 37.7 Å². The van der Waals surface area contributed by atoms with Crippen LogP contribution in [0.5, 0.6) is 0 Å². The minimum Gasteiger partial charge on any atom is -0.461 e. The summed E-state index contributed by atoms with van der Waals surface area (Å²) in [4.78, 5) is 29.1. The van der Waals surface area contributed by atoms with E-state index in [0.29, 0.717) is 13.1 Å². The van der Waals surface area contributed by atoms with E-state index in [4.69, 9.17) is 4.74 Å². The highest BCUT2D eigenvalue weighted by molar-refractivity contribution is 5.81. The van der Waals surface area contributed by atoms with E-state index < -0.39 is 0 Å². The minimum atomic E-state index is -0.311. The molecule has 1 heterocycles. The maximum absolute atomic E-state index is 12.7. The lowest BCUT2D eigenvalue weighted by molar-refractivity contribution is -0.145. The zero-order chi connectivity index (χ0) is 47.0. The summed E-state index contributed by atoms with van der Waals surface area (Å²) in [6.07, 6.45) is 39.5. The molecule has 1 aromatic rings. The Morgan fingerprint density at radius 2 is 0.750 bits per heavy atom. The maximum Gasteiger partial charge on any atom is 0.306 e. The highest BCUT2D eigenvalue weighted by Crippen LogP contribution is 2.19. The van der Waals surface area contributed by atoms with Gasteiger partial charge >= 0.3 is 5.97 Å². The van der Waals surface area contributed by atoms with Gasteiger partial charge in [-0.1, -0.05) is 117 Å². The van der Waals surface area contributed by atoms with Crippen LogP contribution in [-0.2, 0) is 14.3 Å². The van der Waals surface area contributed by atoms with Crippen LogP contribution in [-0.4, -0.2) is 49.6 Å². The van der Waals surface area contributed by atoms with Gasteiger partial charge < -0.3 is 14.5 Å². The molecule has 0 saturated carbocycles. The topological polar surface area (TPSA) is 49.9 Å². The van der Waals surface area contributed by atoms with E-state index in [1.54, 1.807) is 0 Å². The summed E-state index contributed by atoms with van der Waals surface area (Å²) in [5.74, 6) is -0.281. The van der Waals surface area contributed by atoms with Gasteiger partial charge in [0.25, 0.3) is 0 Å². The van der Waals surface area contributed by atoms with Crippen LogP contribution in [0.25, 0.3) is 0 Å². The quantitative estimate of drug-likeness (QED) is 0.0571. The summed E-state index contributed by atoms with van der Waals surface area (Å²) in [5.41, 5.74) is 14.3. The van der Waals surface area contributed by atoms with E-state index in [1.807, 2.05) is 29.2 Å². The fourth-order valence-corrected chi connectivity index (χ4v) is 7.80. The monoisotopic (exact) mass is 875 g/mol. The summed E-state index contributed by atoms with van der Waals surface area (Å²) >= 11 is 0. The fourth-order valence-electron chi connectivity index (χ4n) is 7.80. The molecule has 354 valence electrons. The summed E-state index contributed by atoms with van der Waals surface area (Å²) in [6.45, 7) is 25.6. The van der Waals surface area contributed by atoms with Crippen molar-refractivity contribution in [2.45, 2.75) is 185 Å². The van der Waals surface area contributed by atoms with Gasteiger partial charge in [0.1, 0.15) is 6.61 Å². The zero-order valence-corrected chi connectivity index (χ0v) is 42.5. The molecule has 0 radical (unpaired) electrons. The molecule has 0 aliphatic carbocycles. The van der Waals surface area contributed by atoms with E-state index in [-0.39, 0.29) is 31.3 Å². The fraction of sp³-hybridized carbons (Fsp3) is 0.559. The number of carbonyl (C=O) groups excluding carboxylic acids is 2. The Bertz CT molecular complexity index is 1800. The van der Waals surface area contributed by atoms with Crippen molar-refractivity contribution in [2.24, 2.45) is 0 Å². The SMILES string of the molecule is CC(C)=CCC/C(C)=C/CC/C(C)=C/CC/C(C)=C/CC/C(C)=C/CC/C(C)=C/CC/C(C)=C/CC/C(C)=C/CC/C(C)=C/COC(=O)CCC(=O)N1CCN(c2ccccc2)CC1. The van der Waals surface area contributed by atoms with Crippen LogP contribution in [0, 0.1) is 0 Å². The second-order valence-corrected chi connectivity index (χ2v) is 18.9. The van der Waals surface area contributed by atoms with E-state index in [2.05, 4.69) is 135 Å². The van der Waals surface area contributed by atoms with Crippen LogP contribution in [0.3, 0.4) is 0 Å². The van der Waals surface area contributed by atoms with Crippen molar-refractivity contribution in [3.05, 3.63) is 135 Å². The average Bonchev–Trinajstić information content (AvgIpc) is 3.25. The van der Waals surface area contributed by atoms with E-state index in [0.717, 1.165) is 103 Å². The number of rotatable bonds is 30. The van der Waals surface area contributed by atoms with Gasteiger partial charge in [0.05, 0.1) is 6.42 Å². The first-order chi connectivity index (χ1) is 30.7. The Balaban J connectivity index is 1.52. The van der Waals surface area contributed by atoms with Crippen molar-refractivity contribution < 1.29 is 14.3 Å². The largest absolute Gasteiger partial charge is 0.461 e.